The van der Waals surface area contributed by atoms with Gasteiger partial charge in [0.25, 0.3) is 0 Å². The molecule has 2 saturated heterocycles. The minimum Gasteiger partial charge on any atom is -0.481 e. The van der Waals surface area contributed by atoms with E-state index >= 15 is 0 Å². The standard InChI is InChI=1S/C10H11NO5/c11-2-1-4-3-5-6(9(12)13)7(10(14)15)8(4)16-5/h4-8H,1,3H2,(H,12,13)(H,14,15)/t4-,5-,6-,7-,8+/m1/s1. The summed E-state index contributed by atoms with van der Waals surface area (Å²) in [4.78, 5) is 22.0. The summed E-state index contributed by atoms with van der Waals surface area (Å²) in [5, 5.41) is 26.6. The van der Waals surface area contributed by atoms with Gasteiger partial charge < -0.3 is 14.9 Å². The lowest BCUT2D eigenvalue weighted by molar-refractivity contribution is -0.154. The van der Waals surface area contributed by atoms with Gasteiger partial charge in [0, 0.05) is 12.3 Å². The second-order valence-electron chi connectivity index (χ2n) is 4.23. The highest BCUT2D eigenvalue weighted by Crippen LogP contribution is 2.47. The van der Waals surface area contributed by atoms with E-state index in [4.69, 9.17) is 20.2 Å². The summed E-state index contributed by atoms with van der Waals surface area (Å²) in [6, 6.07) is 1.98. The second kappa shape index (κ2) is 3.76. The smallest absolute Gasteiger partial charge is 0.310 e. The summed E-state index contributed by atoms with van der Waals surface area (Å²) in [6.07, 6.45) is -0.485. The highest BCUT2D eigenvalue weighted by Gasteiger charge is 2.59. The molecule has 0 aromatic rings. The van der Waals surface area contributed by atoms with Crippen LogP contribution >= 0.6 is 0 Å². The number of carboxylic acid groups (broad SMARTS) is 2. The first-order chi connectivity index (χ1) is 7.56. The van der Waals surface area contributed by atoms with Crippen LogP contribution in [0.5, 0.6) is 0 Å². The number of hydrogen-bond acceptors (Lipinski definition) is 4. The molecule has 0 aromatic heterocycles. The lowest BCUT2D eigenvalue weighted by atomic mass is 9.73. The van der Waals surface area contributed by atoms with Gasteiger partial charge in [0.15, 0.2) is 0 Å². The van der Waals surface area contributed by atoms with Gasteiger partial charge in [-0.3, -0.25) is 9.59 Å². The van der Waals surface area contributed by atoms with Crippen LogP contribution in [-0.4, -0.2) is 34.4 Å². The van der Waals surface area contributed by atoms with Crippen molar-refractivity contribution < 1.29 is 24.5 Å². The molecule has 6 nitrogen and oxygen atoms in total. The number of rotatable bonds is 3. The van der Waals surface area contributed by atoms with Crippen LogP contribution in [0.4, 0.5) is 0 Å². The SMILES string of the molecule is N#CC[C@@H]1C[C@H]2O[C@@H]1[C@H](C(=O)O)[C@@H]2C(=O)O. The van der Waals surface area contributed by atoms with Crippen LogP contribution in [0.3, 0.4) is 0 Å². The summed E-state index contributed by atoms with van der Waals surface area (Å²) in [7, 11) is 0. The average molecular weight is 225 g/mol. The number of aliphatic carboxylic acids is 2. The monoisotopic (exact) mass is 225 g/mol. The fraction of sp³-hybridized carbons (Fsp3) is 0.700. The van der Waals surface area contributed by atoms with Crippen molar-refractivity contribution in [2.75, 3.05) is 0 Å². The van der Waals surface area contributed by atoms with Gasteiger partial charge in [-0.25, -0.2) is 0 Å². The van der Waals surface area contributed by atoms with Gasteiger partial charge in [-0.2, -0.15) is 5.26 Å². The van der Waals surface area contributed by atoms with Crippen molar-refractivity contribution in [3.8, 4) is 6.07 Å². The van der Waals surface area contributed by atoms with Gasteiger partial charge in [-0.1, -0.05) is 0 Å². The Balaban J connectivity index is 2.22. The predicted molar refractivity (Wildman–Crippen MR) is 49.2 cm³/mol. The third-order valence-electron chi connectivity index (χ3n) is 3.40. The third-order valence-corrected chi connectivity index (χ3v) is 3.40. The summed E-state index contributed by atoms with van der Waals surface area (Å²) >= 11 is 0. The largest absolute Gasteiger partial charge is 0.481 e. The molecule has 0 aromatic carbocycles. The minimum atomic E-state index is -1.15. The van der Waals surface area contributed by atoms with Crippen LogP contribution < -0.4 is 0 Å². The van der Waals surface area contributed by atoms with Crippen molar-refractivity contribution in [2.45, 2.75) is 25.0 Å². The number of fused-ring (bicyclic) bond motifs is 2. The molecule has 16 heavy (non-hydrogen) atoms. The first-order valence-corrected chi connectivity index (χ1v) is 5.04. The van der Waals surface area contributed by atoms with Gasteiger partial charge in [0.05, 0.1) is 30.1 Å². The van der Waals surface area contributed by atoms with Crippen molar-refractivity contribution in [1.82, 2.24) is 0 Å². The molecule has 2 bridgehead atoms. The number of hydrogen-bond donors (Lipinski definition) is 2. The summed E-state index contributed by atoms with van der Waals surface area (Å²) in [5.74, 6) is -4.42. The number of carbonyl (C=O) groups is 2. The van der Waals surface area contributed by atoms with E-state index in [1.807, 2.05) is 6.07 Å². The van der Waals surface area contributed by atoms with Crippen LogP contribution in [0, 0.1) is 29.1 Å². The molecule has 0 spiro atoms. The maximum Gasteiger partial charge on any atom is 0.310 e. The Bertz CT molecular complexity index is 374. The second-order valence-corrected chi connectivity index (χ2v) is 4.23. The molecule has 2 N–H and O–H groups in total. The first-order valence-electron chi connectivity index (χ1n) is 5.04. The molecule has 2 aliphatic rings. The van der Waals surface area contributed by atoms with E-state index in [1.54, 1.807) is 0 Å². The first kappa shape index (κ1) is 10.9. The average Bonchev–Trinajstić information content (AvgIpc) is 2.73. The third kappa shape index (κ3) is 1.44. The van der Waals surface area contributed by atoms with Crippen LogP contribution in [0.15, 0.2) is 0 Å². The van der Waals surface area contributed by atoms with Crippen LogP contribution in [0.2, 0.25) is 0 Å². The molecule has 0 unspecified atom stereocenters. The van der Waals surface area contributed by atoms with Crippen LogP contribution in [-0.2, 0) is 14.3 Å². The summed E-state index contributed by atoms with van der Waals surface area (Å²) in [6.45, 7) is 0. The topological polar surface area (TPSA) is 108 Å². The fourth-order valence-corrected chi connectivity index (χ4v) is 2.77. The molecule has 0 amide bonds. The van der Waals surface area contributed by atoms with Gasteiger partial charge >= 0.3 is 11.9 Å². The van der Waals surface area contributed by atoms with Crippen molar-refractivity contribution in [1.29, 1.82) is 5.26 Å². The zero-order chi connectivity index (χ0) is 11.9. The van der Waals surface area contributed by atoms with Gasteiger partial charge in [-0.15, -0.1) is 0 Å². The zero-order valence-corrected chi connectivity index (χ0v) is 8.37. The highest BCUT2D eigenvalue weighted by molar-refractivity contribution is 5.82. The molecule has 2 heterocycles. The van der Waals surface area contributed by atoms with Gasteiger partial charge in [-0.05, 0) is 6.42 Å². The molecule has 0 saturated carbocycles. The molecular formula is C10H11NO5. The van der Waals surface area contributed by atoms with E-state index in [1.165, 1.54) is 0 Å². The maximum atomic E-state index is 11.0. The summed E-state index contributed by atoms with van der Waals surface area (Å²) < 4.78 is 5.37. The Morgan fingerprint density at radius 1 is 1.31 bits per heavy atom. The molecule has 86 valence electrons. The minimum absolute atomic E-state index is 0.147. The fourth-order valence-electron chi connectivity index (χ4n) is 2.77. The Kier molecular flexibility index (Phi) is 2.56. The molecule has 5 atom stereocenters. The normalized spacial score (nSPS) is 40.6. The number of nitrogens with zero attached hydrogens (tertiary/aromatic N) is 1. The number of ether oxygens (including phenoxy) is 1. The van der Waals surface area contributed by atoms with E-state index in [0.717, 1.165) is 0 Å². The predicted octanol–water partition coefficient (Wildman–Crippen LogP) is 0.0890. The van der Waals surface area contributed by atoms with E-state index in [-0.39, 0.29) is 12.3 Å². The van der Waals surface area contributed by atoms with Crippen molar-refractivity contribution >= 4 is 11.9 Å². The van der Waals surface area contributed by atoms with Crippen LogP contribution in [0.1, 0.15) is 12.8 Å². The summed E-state index contributed by atoms with van der Waals surface area (Å²) in [5.41, 5.74) is 0. The quantitative estimate of drug-likeness (QED) is 0.704. The lowest BCUT2D eigenvalue weighted by Crippen LogP contribution is -2.41. The highest BCUT2D eigenvalue weighted by atomic mass is 16.5. The van der Waals surface area contributed by atoms with E-state index < -0.39 is 36.0 Å². The zero-order valence-electron chi connectivity index (χ0n) is 8.37. The molecule has 2 aliphatic heterocycles. The number of nitriles is 1. The van der Waals surface area contributed by atoms with E-state index in [0.29, 0.717) is 6.42 Å². The Hall–Kier alpha value is -1.61. The van der Waals surface area contributed by atoms with Crippen LogP contribution in [0.25, 0.3) is 0 Å². The Labute approximate surface area is 91.4 Å². The van der Waals surface area contributed by atoms with Gasteiger partial charge in [0.1, 0.15) is 0 Å². The van der Waals surface area contributed by atoms with Crippen molar-refractivity contribution in [3.05, 3.63) is 0 Å². The molecule has 2 rings (SSSR count). The Morgan fingerprint density at radius 3 is 2.44 bits per heavy atom. The van der Waals surface area contributed by atoms with Gasteiger partial charge in [0.2, 0.25) is 0 Å². The Morgan fingerprint density at radius 2 is 1.94 bits per heavy atom. The molecule has 0 aliphatic carbocycles. The lowest BCUT2D eigenvalue weighted by Gasteiger charge is -2.26. The van der Waals surface area contributed by atoms with E-state index in [2.05, 4.69) is 0 Å². The molecular weight excluding hydrogens is 214 g/mol. The number of carboxylic acids is 2. The van der Waals surface area contributed by atoms with Crippen molar-refractivity contribution in [3.63, 3.8) is 0 Å². The van der Waals surface area contributed by atoms with Crippen molar-refractivity contribution in [2.24, 2.45) is 17.8 Å². The molecule has 2 fully saturated rings. The molecule has 0 radical (unpaired) electrons. The molecule has 6 heteroatoms. The van der Waals surface area contributed by atoms with E-state index in [9.17, 15) is 9.59 Å². The maximum absolute atomic E-state index is 11.0.